The molecule has 0 radical (unpaired) electrons. The summed E-state index contributed by atoms with van der Waals surface area (Å²) in [4.78, 5) is 0. The predicted molar refractivity (Wildman–Crippen MR) is 67.4 cm³/mol. The van der Waals surface area contributed by atoms with Crippen LogP contribution in [0.15, 0.2) is 18.2 Å². The van der Waals surface area contributed by atoms with Crippen molar-refractivity contribution in [3.63, 3.8) is 0 Å². The second-order valence-corrected chi connectivity index (χ2v) is 4.79. The molecule has 3 heteroatoms. The van der Waals surface area contributed by atoms with E-state index < -0.39 is 0 Å². The molecule has 0 saturated heterocycles. The normalized spacial score (nSPS) is 24.6. The number of aliphatic hydroxyl groups excluding tert-OH is 1. The van der Waals surface area contributed by atoms with Gasteiger partial charge in [-0.1, -0.05) is 0 Å². The van der Waals surface area contributed by atoms with Gasteiger partial charge in [0, 0.05) is 17.9 Å². The second kappa shape index (κ2) is 4.74. The van der Waals surface area contributed by atoms with E-state index in [0.717, 1.165) is 37.2 Å². The Kier molecular flexibility index (Phi) is 3.34. The van der Waals surface area contributed by atoms with Gasteiger partial charge in [-0.05, 0) is 55.9 Å². The SMILES string of the molecule is Cc1cc(N)ccc1NCC1CCC(O)C1. The van der Waals surface area contributed by atoms with Crippen LogP contribution in [0.3, 0.4) is 0 Å². The van der Waals surface area contributed by atoms with Crippen LogP contribution in [0.1, 0.15) is 24.8 Å². The summed E-state index contributed by atoms with van der Waals surface area (Å²) >= 11 is 0. The van der Waals surface area contributed by atoms with Gasteiger partial charge in [-0.2, -0.15) is 0 Å². The van der Waals surface area contributed by atoms with Gasteiger partial charge < -0.3 is 16.2 Å². The van der Waals surface area contributed by atoms with E-state index in [2.05, 4.69) is 12.2 Å². The molecule has 1 aromatic carbocycles. The maximum absolute atomic E-state index is 9.44. The number of aliphatic hydroxyl groups is 1. The second-order valence-electron chi connectivity index (χ2n) is 4.79. The number of hydrogen-bond donors (Lipinski definition) is 3. The molecule has 0 aliphatic heterocycles. The zero-order chi connectivity index (χ0) is 11.5. The van der Waals surface area contributed by atoms with E-state index in [1.807, 2.05) is 18.2 Å². The molecule has 2 rings (SSSR count). The van der Waals surface area contributed by atoms with Crippen molar-refractivity contribution in [1.29, 1.82) is 0 Å². The van der Waals surface area contributed by atoms with Crippen molar-refractivity contribution in [1.82, 2.24) is 0 Å². The fraction of sp³-hybridized carbons (Fsp3) is 0.538. The molecule has 2 atom stereocenters. The minimum Gasteiger partial charge on any atom is -0.399 e. The Morgan fingerprint density at radius 3 is 2.88 bits per heavy atom. The van der Waals surface area contributed by atoms with E-state index >= 15 is 0 Å². The summed E-state index contributed by atoms with van der Waals surface area (Å²) in [5.41, 5.74) is 8.84. The number of aryl methyl sites for hydroxylation is 1. The van der Waals surface area contributed by atoms with Gasteiger partial charge in [0.1, 0.15) is 0 Å². The van der Waals surface area contributed by atoms with Crippen LogP contribution in [-0.4, -0.2) is 17.8 Å². The molecule has 4 N–H and O–H groups in total. The number of nitrogens with two attached hydrogens (primary N) is 1. The van der Waals surface area contributed by atoms with Gasteiger partial charge in [0.15, 0.2) is 0 Å². The highest BCUT2D eigenvalue weighted by Gasteiger charge is 2.22. The molecule has 1 aliphatic rings. The van der Waals surface area contributed by atoms with Crippen LogP contribution in [-0.2, 0) is 0 Å². The lowest BCUT2D eigenvalue weighted by atomic mass is 10.1. The number of nitrogens with one attached hydrogen (secondary N) is 1. The van der Waals surface area contributed by atoms with Crippen molar-refractivity contribution in [3.05, 3.63) is 23.8 Å². The molecule has 0 spiro atoms. The molecule has 3 nitrogen and oxygen atoms in total. The van der Waals surface area contributed by atoms with Crippen molar-refractivity contribution < 1.29 is 5.11 Å². The third kappa shape index (κ3) is 2.67. The Hall–Kier alpha value is -1.22. The molecule has 16 heavy (non-hydrogen) atoms. The lowest BCUT2D eigenvalue weighted by Gasteiger charge is -2.14. The van der Waals surface area contributed by atoms with Crippen molar-refractivity contribution in [2.75, 3.05) is 17.6 Å². The zero-order valence-corrected chi connectivity index (χ0v) is 9.74. The van der Waals surface area contributed by atoms with Gasteiger partial charge in [0.05, 0.1) is 6.10 Å². The lowest BCUT2D eigenvalue weighted by molar-refractivity contribution is 0.178. The molecular formula is C13H20N2O. The minimum absolute atomic E-state index is 0.0840. The summed E-state index contributed by atoms with van der Waals surface area (Å²) in [5.74, 6) is 0.604. The molecule has 0 bridgehead atoms. The Morgan fingerprint density at radius 1 is 1.44 bits per heavy atom. The average molecular weight is 220 g/mol. The van der Waals surface area contributed by atoms with Crippen LogP contribution >= 0.6 is 0 Å². The third-order valence-electron chi connectivity index (χ3n) is 3.35. The molecule has 1 fully saturated rings. The first-order valence-electron chi connectivity index (χ1n) is 5.93. The number of anilines is 2. The monoisotopic (exact) mass is 220 g/mol. The van der Waals surface area contributed by atoms with Crippen molar-refractivity contribution in [2.24, 2.45) is 5.92 Å². The molecular weight excluding hydrogens is 200 g/mol. The third-order valence-corrected chi connectivity index (χ3v) is 3.35. The quantitative estimate of drug-likeness (QED) is 0.684. The summed E-state index contributed by atoms with van der Waals surface area (Å²) in [7, 11) is 0. The molecule has 0 heterocycles. The van der Waals surface area contributed by atoms with Crippen molar-refractivity contribution >= 4 is 11.4 Å². The van der Waals surface area contributed by atoms with Crippen LogP contribution in [0.5, 0.6) is 0 Å². The maximum Gasteiger partial charge on any atom is 0.0543 e. The predicted octanol–water partition coefficient (Wildman–Crippen LogP) is 2.15. The standard InChI is InChI=1S/C13H20N2O/c1-9-6-11(14)3-5-13(9)15-8-10-2-4-12(16)7-10/h3,5-6,10,12,15-16H,2,4,7-8,14H2,1H3. The van der Waals surface area contributed by atoms with E-state index in [4.69, 9.17) is 5.73 Å². The first-order chi connectivity index (χ1) is 7.65. The summed E-state index contributed by atoms with van der Waals surface area (Å²) in [5, 5.41) is 12.9. The van der Waals surface area contributed by atoms with E-state index in [0.29, 0.717) is 5.92 Å². The molecule has 0 aromatic heterocycles. The highest BCUT2D eigenvalue weighted by atomic mass is 16.3. The van der Waals surface area contributed by atoms with Gasteiger partial charge in [-0.15, -0.1) is 0 Å². The maximum atomic E-state index is 9.44. The van der Waals surface area contributed by atoms with Crippen LogP contribution in [0.4, 0.5) is 11.4 Å². The van der Waals surface area contributed by atoms with Gasteiger partial charge in [-0.3, -0.25) is 0 Å². The Balaban J connectivity index is 1.89. The fourth-order valence-electron chi connectivity index (χ4n) is 2.37. The van der Waals surface area contributed by atoms with Crippen LogP contribution in [0.25, 0.3) is 0 Å². The summed E-state index contributed by atoms with van der Waals surface area (Å²) in [6.07, 6.45) is 2.93. The number of nitrogen functional groups attached to an aromatic ring is 1. The van der Waals surface area contributed by atoms with Gasteiger partial charge >= 0.3 is 0 Å². The highest BCUT2D eigenvalue weighted by Crippen LogP contribution is 2.26. The smallest absolute Gasteiger partial charge is 0.0543 e. The largest absolute Gasteiger partial charge is 0.399 e. The number of benzene rings is 1. The summed E-state index contributed by atoms with van der Waals surface area (Å²) < 4.78 is 0. The summed E-state index contributed by atoms with van der Waals surface area (Å²) in [6, 6.07) is 5.92. The Labute approximate surface area is 96.7 Å². The number of hydrogen-bond acceptors (Lipinski definition) is 3. The van der Waals surface area contributed by atoms with E-state index in [1.165, 1.54) is 5.56 Å². The molecule has 1 aliphatic carbocycles. The Bertz CT molecular complexity index is 365. The average Bonchev–Trinajstić information content (AvgIpc) is 2.63. The molecule has 2 unspecified atom stereocenters. The first-order valence-corrected chi connectivity index (χ1v) is 5.93. The van der Waals surface area contributed by atoms with Crippen LogP contribution < -0.4 is 11.1 Å². The van der Waals surface area contributed by atoms with Crippen LogP contribution in [0.2, 0.25) is 0 Å². The van der Waals surface area contributed by atoms with E-state index in [9.17, 15) is 5.11 Å². The molecule has 0 amide bonds. The topological polar surface area (TPSA) is 58.3 Å². The zero-order valence-electron chi connectivity index (χ0n) is 9.74. The minimum atomic E-state index is -0.0840. The van der Waals surface area contributed by atoms with Gasteiger partial charge in [0.2, 0.25) is 0 Å². The lowest BCUT2D eigenvalue weighted by Crippen LogP contribution is -2.13. The van der Waals surface area contributed by atoms with Crippen LogP contribution in [0, 0.1) is 12.8 Å². The van der Waals surface area contributed by atoms with Gasteiger partial charge in [-0.25, -0.2) is 0 Å². The fourth-order valence-corrected chi connectivity index (χ4v) is 2.37. The van der Waals surface area contributed by atoms with E-state index in [-0.39, 0.29) is 6.10 Å². The highest BCUT2D eigenvalue weighted by molar-refractivity contribution is 5.57. The van der Waals surface area contributed by atoms with Gasteiger partial charge in [0.25, 0.3) is 0 Å². The molecule has 1 saturated carbocycles. The van der Waals surface area contributed by atoms with Crippen molar-refractivity contribution in [2.45, 2.75) is 32.3 Å². The number of rotatable bonds is 3. The Morgan fingerprint density at radius 2 is 2.25 bits per heavy atom. The van der Waals surface area contributed by atoms with Crippen molar-refractivity contribution in [3.8, 4) is 0 Å². The molecule has 88 valence electrons. The van der Waals surface area contributed by atoms with E-state index in [1.54, 1.807) is 0 Å². The first kappa shape index (κ1) is 11.3. The molecule has 1 aromatic rings. The summed E-state index contributed by atoms with van der Waals surface area (Å²) in [6.45, 7) is 3.00.